The standard InChI is InChI=1S/C19H23N3OS2/c1-12-18(13-7-9-22(12)10-8-13)21-19(23)16-5-6-17(25-16)24-15-4-2-3-14(20)11-15/h2-6,11-13,18H,7-10,20H2,1H3,(H,21,23)/t12-,18+/m1/s1. The lowest BCUT2D eigenvalue weighted by Gasteiger charge is -2.49. The van der Waals surface area contributed by atoms with Gasteiger partial charge in [0.25, 0.3) is 5.91 Å². The van der Waals surface area contributed by atoms with Gasteiger partial charge in [0.15, 0.2) is 0 Å². The number of thiophene rings is 1. The van der Waals surface area contributed by atoms with E-state index in [1.807, 2.05) is 36.4 Å². The van der Waals surface area contributed by atoms with Gasteiger partial charge in [0, 0.05) is 22.7 Å². The predicted molar refractivity (Wildman–Crippen MR) is 104 cm³/mol. The number of hydrogen-bond acceptors (Lipinski definition) is 5. The summed E-state index contributed by atoms with van der Waals surface area (Å²) >= 11 is 3.20. The van der Waals surface area contributed by atoms with E-state index in [4.69, 9.17) is 5.73 Å². The van der Waals surface area contributed by atoms with Crippen LogP contribution in [0.15, 0.2) is 45.5 Å². The number of carbonyl (C=O) groups is 1. The number of amides is 1. The van der Waals surface area contributed by atoms with E-state index in [0.29, 0.717) is 12.0 Å². The molecule has 3 aliphatic rings. The minimum absolute atomic E-state index is 0.0648. The molecule has 1 aromatic carbocycles. The normalized spacial score (nSPS) is 28.0. The highest BCUT2D eigenvalue weighted by Crippen LogP contribution is 2.35. The number of carbonyl (C=O) groups excluding carboxylic acids is 1. The molecule has 3 fully saturated rings. The average molecular weight is 374 g/mol. The van der Waals surface area contributed by atoms with Crippen LogP contribution in [0.1, 0.15) is 29.4 Å². The molecule has 25 heavy (non-hydrogen) atoms. The zero-order chi connectivity index (χ0) is 17.4. The lowest BCUT2D eigenvalue weighted by molar-refractivity contribution is 0.0218. The maximum atomic E-state index is 12.7. The number of fused-ring (bicyclic) bond motifs is 3. The van der Waals surface area contributed by atoms with Crippen LogP contribution in [0.4, 0.5) is 5.69 Å². The van der Waals surface area contributed by atoms with Crippen molar-refractivity contribution in [3.8, 4) is 0 Å². The van der Waals surface area contributed by atoms with Crippen LogP contribution in [0.3, 0.4) is 0 Å². The molecule has 2 aromatic rings. The summed E-state index contributed by atoms with van der Waals surface area (Å²) in [5.41, 5.74) is 6.59. The third-order valence-electron chi connectivity index (χ3n) is 5.36. The average Bonchev–Trinajstić information content (AvgIpc) is 3.07. The first kappa shape index (κ1) is 16.9. The molecule has 0 saturated carbocycles. The number of piperidine rings is 3. The second-order valence-electron chi connectivity index (χ2n) is 6.91. The third-order valence-corrected chi connectivity index (χ3v) is 7.56. The van der Waals surface area contributed by atoms with Crippen LogP contribution in [0.25, 0.3) is 0 Å². The van der Waals surface area contributed by atoms with Gasteiger partial charge in [-0.15, -0.1) is 11.3 Å². The number of benzene rings is 1. The second kappa shape index (κ2) is 7.02. The highest BCUT2D eigenvalue weighted by atomic mass is 32.2. The van der Waals surface area contributed by atoms with Crippen LogP contribution < -0.4 is 11.1 Å². The highest BCUT2D eigenvalue weighted by Gasteiger charge is 2.40. The highest BCUT2D eigenvalue weighted by molar-refractivity contribution is 8.01. The Kier molecular flexibility index (Phi) is 4.75. The van der Waals surface area contributed by atoms with Gasteiger partial charge in [-0.3, -0.25) is 9.69 Å². The predicted octanol–water partition coefficient (Wildman–Crippen LogP) is 3.69. The molecular formula is C19H23N3OS2. The zero-order valence-corrected chi connectivity index (χ0v) is 15.9. The van der Waals surface area contributed by atoms with E-state index in [2.05, 4.69) is 17.1 Å². The van der Waals surface area contributed by atoms with Crippen molar-refractivity contribution < 1.29 is 4.79 Å². The van der Waals surface area contributed by atoms with Gasteiger partial charge in [0.05, 0.1) is 9.09 Å². The van der Waals surface area contributed by atoms with Crippen LogP contribution in [0.5, 0.6) is 0 Å². The van der Waals surface area contributed by atoms with Gasteiger partial charge in [0.1, 0.15) is 0 Å². The number of rotatable bonds is 4. The van der Waals surface area contributed by atoms with Crippen molar-refractivity contribution in [2.75, 3.05) is 18.8 Å². The fourth-order valence-corrected chi connectivity index (χ4v) is 6.03. The van der Waals surface area contributed by atoms with Crippen LogP contribution >= 0.6 is 23.1 Å². The molecule has 3 N–H and O–H groups in total. The maximum Gasteiger partial charge on any atom is 0.261 e. The molecule has 6 heteroatoms. The number of nitrogens with one attached hydrogen (secondary N) is 1. The Bertz CT molecular complexity index is 766. The summed E-state index contributed by atoms with van der Waals surface area (Å²) in [4.78, 5) is 17.1. The van der Waals surface area contributed by atoms with Gasteiger partial charge in [-0.25, -0.2) is 0 Å². The Morgan fingerprint density at radius 3 is 2.80 bits per heavy atom. The van der Waals surface area contributed by atoms with Gasteiger partial charge < -0.3 is 11.1 Å². The second-order valence-corrected chi connectivity index (χ2v) is 9.36. The summed E-state index contributed by atoms with van der Waals surface area (Å²) in [5, 5.41) is 3.30. The number of nitrogens with zero attached hydrogens (tertiary/aromatic N) is 1. The Balaban J connectivity index is 1.42. The topological polar surface area (TPSA) is 58.4 Å². The van der Waals surface area contributed by atoms with E-state index in [1.165, 1.54) is 25.9 Å². The molecule has 5 rings (SSSR count). The molecule has 1 aromatic heterocycles. The first-order valence-electron chi connectivity index (χ1n) is 8.78. The molecule has 4 heterocycles. The van der Waals surface area contributed by atoms with Crippen LogP contribution in [0, 0.1) is 5.92 Å². The molecule has 1 amide bonds. The van der Waals surface area contributed by atoms with Gasteiger partial charge in [-0.2, -0.15) is 0 Å². The monoisotopic (exact) mass is 373 g/mol. The fraction of sp³-hybridized carbons (Fsp3) is 0.421. The minimum Gasteiger partial charge on any atom is -0.399 e. The first-order valence-corrected chi connectivity index (χ1v) is 10.4. The van der Waals surface area contributed by atoms with E-state index >= 15 is 0 Å². The van der Waals surface area contributed by atoms with E-state index in [0.717, 1.165) is 19.7 Å². The molecule has 2 bridgehead atoms. The van der Waals surface area contributed by atoms with Crippen molar-refractivity contribution in [2.24, 2.45) is 5.92 Å². The van der Waals surface area contributed by atoms with E-state index in [1.54, 1.807) is 23.1 Å². The van der Waals surface area contributed by atoms with Crippen molar-refractivity contribution in [1.82, 2.24) is 10.2 Å². The Hall–Kier alpha value is -1.50. The van der Waals surface area contributed by atoms with Crippen LogP contribution in [0.2, 0.25) is 0 Å². The molecule has 132 valence electrons. The number of nitrogens with two attached hydrogens (primary N) is 1. The summed E-state index contributed by atoms with van der Waals surface area (Å²) in [6.07, 6.45) is 2.41. The summed E-state index contributed by atoms with van der Waals surface area (Å²) < 4.78 is 1.11. The van der Waals surface area contributed by atoms with Gasteiger partial charge in [-0.05, 0) is 69.1 Å². The molecule has 3 saturated heterocycles. The molecule has 0 aliphatic carbocycles. The summed E-state index contributed by atoms with van der Waals surface area (Å²) in [6, 6.07) is 12.5. The van der Waals surface area contributed by atoms with E-state index < -0.39 is 0 Å². The minimum atomic E-state index is 0.0648. The van der Waals surface area contributed by atoms with Crippen molar-refractivity contribution in [3.63, 3.8) is 0 Å². The van der Waals surface area contributed by atoms with Gasteiger partial charge in [0.2, 0.25) is 0 Å². The summed E-state index contributed by atoms with van der Waals surface area (Å²) in [6.45, 7) is 4.60. The summed E-state index contributed by atoms with van der Waals surface area (Å²) in [5.74, 6) is 0.695. The Morgan fingerprint density at radius 2 is 2.08 bits per heavy atom. The first-order chi connectivity index (χ1) is 12.1. The number of hydrogen-bond donors (Lipinski definition) is 2. The van der Waals surface area contributed by atoms with E-state index in [-0.39, 0.29) is 11.9 Å². The van der Waals surface area contributed by atoms with Crippen molar-refractivity contribution in [1.29, 1.82) is 0 Å². The number of nitrogen functional groups attached to an aromatic ring is 1. The van der Waals surface area contributed by atoms with Crippen molar-refractivity contribution in [2.45, 2.75) is 41.0 Å². The lowest BCUT2D eigenvalue weighted by Crippen LogP contribution is -2.62. The molecule has 2 atom stereocenters. The SMILES string of the molecule is C[C@@H]1[C@H](NC(=O)c2ccc(Sc3cccc(N)c3)s2)C2CCN1CC2. The largest absolute Gasteiger partial charge is 0.399 e. The van der Waals surface area contributed by atoms with Crippen LogP contribution in [-0.2, 0) is 0 Å². The third kappa shape index (κ3) is 3.57. The smallest absolute Gasteiger partial charge is 0.261 e. The molecule has 0 radical (unpaired) electrons. The molecule has 4 nitrogen and oxygen atoms in total. The summed E-state index contributed by atoms with van der Waals surface area (Å²) in [7, 11) is 0. The fourth-order valence-electron chi connectivity index (χ4n) is 3.96. The number of anilines is 1. The Labute approximate surface area is 156 Å². The molecule has 0 unspecified atom stereocenters. The van der Waals surface area contributed by atoms with Gasteiger partial charge in [-0.1, -0.05) is 17.8 Å². The van der Waals surface area contributed by atoms with Crippen molar-refractivity contribution in [3.05, 3.63) is 41.3 Å². The Morgan fingerprint density at radius 1 is 1.28 bits per heavy atom. The van der Waals surface area contributed by atoms with Crippen LogP contribution in [-0.4, -0.2) is 36.0 Å². The zero-order valence-electron chi connectivity index (χ0n) is 14.3. The van der Waals surface area contributed by atoms with Crippen molar-refractivity contribution >= 4 is 34.7 Å². The van der Waals surface area contributed by atoms with E-state index in [9.17, 15) is 4.79 Å². The van der Waals surface area contributed by atoms with Gasteiger partial charge >= 0.3 is 0 Å². The quantitative estimate of drug-likeness (QED) is 0.803. The molecular weight excluding hydrogens is 350 g/mol. The molecule has 0 spiro atoms. The maximum absolute atomic E-state index is 12.7. The molecule has 3 aliphatic heterocycles. The lowest BCUT2D eigenvalue weighted by atomic mass is 9.79.